The summed E-state index contributed by atoms with van der Waals surface area (Å²) in [4.78, 5) is 16.5. The summed E-state index contributed by atoms with van der Waals surface area (Å²) in [5.74, 6) is 0.363. The highest BCUT2D eigenvalue weighted by atomic mass is 16.5. The third-order valence-corrected chi connectivity index (χ3v) is 3.58. The van der Waals surface area contributed by atoms with Crippen LogP contribution >= 0.6 is 0 Å². The zero-order valence-corrected chi connectivity index (χ0v) is 12.6. The molecule has 5 nitrogen and oxygen atoms in total. The summed E-state index contributed by atoms with van der Waals surface area (Å²) in [6.45, 7) is 0.364. The number of methoxy groups -OCH3 is 1. The van der Waals surface area contributed by atoms with Crippen molar-refractivity contribution in [3.63, 3.8) is 0 Å². The Kier molecular flexibility index (Phi) is 4.10. The van der Waals surface area contributed by atoms with Gasteiger partial charge in [-0.2, -0.15) is 0 Å². The molecule has 3 rings (SSSR count). The first kappa shape index (κ1) is 14.8. The van der Waals surface area contributed by atoms with Gasteiger partial charge in [-0.3, -0.25) is 9.78 Å². The Balaban J connectivity index is 1.76. The van der Waals surface area contributed by atoms with Crippen LogP contribution in [-0.2, 0) is 6.54 Å². The van der Waals surface area contributed by atoms with Gasteiger partial charge in [-0.05, 0) is 35.9 Å². The number of aromatic hydroxyl groups is 1. The summed E-state index contributed by atoms with van der Waals surface area (Å²) in [5, 5.41) is 13.6. The second kappa shape index (κ2) is 6.36. The molecular weight excluding hydrogens is 292 g/mol. The maximum Gasteiger partial charge on any atom is 0.255 e. The Morgan fingerprint density at radius 3 is 2.74 bits per heavy atom. The number of amides is 1. The van der Waals surface area contributed by atoms with Crippen molar-refractivity contribution in [2.75, 3.05) is 7.11 Å². The molecule has 0 saturated heterocycles. The van der Waals surface area contributed by atoms with E-state index < -0.39 is 0 Å². The minimum atomic E-state index is -0.342. The number of nitrogens with one attached hydrogen (secondary N) is 1. The Labute approximate surface area is 133 Å². The Hall–Kier alpha value is -3.08. The van der Waals surface area contributed by atoms with Gasteiger partial charge in [0.15, 0.2) is 0 Å². The van der Waals surface area contributed by atoms with Gasteiger partial charge in [0.05, 0.1) is 18.2 Å². The molecule has 1 heterocycles. The number of carbonyl (C=O) groups excluding carboxylic acids is 1. The minimum Gasteiger partial charge on any atom is -0.507 e. The molecule has 1 aromatic heterocycles. The lowest BCUT2D eigenvalue weighted by Gasteiger charge is -2.09. The number of ether oxygens (including phenoxy) is 1. The van der Waals surface area contributed by atoms with Crippen LogP contribution < -0.4 is 10.1 Å². The molecule has 0 bridgehead atoms. The molecule has 2 N–H and O–H groups in total. The van der Waals surface area contributed by atoms with Crippen molar-refractivity contribution in [2.45, 2.75) is 6.54 Å². The largest absolute Gasteiger partial charge is 0.507 e. The molecule has 23 heavy (non-hydrogen) atoms. The van der Waals surface area contributed by atoms with E-state index >= 15 is 0 Å². The number of benzene rings is 2. The fourth-order valence-electron chi connectivity index (χ4n) is 2.31. The molecule has 0 spiro atoms. The predicted molar refractivity (Wildman–Crippen MR) is 87.6 cm³/mol. The molecule has 1 amide bonds. The van der Waals surface area contributed by atoms with Crippen LogP contribution in [-0.4, -0.2) is 23.1 Å². The number of phenolic OH excluding ortho intramolecular Hbond substituents is 1. The molecule has 0 atom stereocenters. The fourth-order valence-corrected chi connectivity index (χ4v) is 2.31. The normalized spacial score (nSPS) is 10.5. The van der Waals surface area contributed by atoms with Gasteiger partial charge in [-0.25, -0.2) is 0 Å². The molecule has 0 aliphatic carbocycles. The van der Waals surface area contributed by atoms with Gasteiger partial charge < -0.3 is 15.2 Å². The van der Waals surface area contributed by atoms with Gasteiger partial charge in [0.25, 0.3) is 5.91 Å². The number of hydrogen-bond acceptors (Lipinski definition) is 4. The number of nitrogens with zero attached hydrogens (tertiary/aromatic N) is 1. The van der Waals surface area contributed by atoms with Crippen LogP contribution in [0.5, 0.6) is 11.5 Å². The first-order valence-corrected chi connectivity index (χ1v) is 7.16. The van der Waals surface area contributed by atoms with E-state index in [0.717, 1.165) is 16.7 Å². The van der Waals surface area contributed by atoms with Crippen LogP contribution in [0.2, 0.25) is 0 Å². The fraction of sp³-hybridized carbons (Fsp3) is 0.111. The molecule has 0 fully saturated rings. The van der Waals surface area contributed by atoms with Gasteiger partial charge >= 0.3 is 0 Å². The summed E-state index contributed by atoms with van der Waals surface area (Å²) in [5.41, 5.74) is 1.82. The SMILES string of the molecule is COc1ccc(CNC(=O)c2cc3ncccc3cc2O)cc1. The quantitative estimate of drug-likeness (QED) is 0.777. The number of rotatable bonds is 4. The summed E-state index contributed by atoms with van der Waals surface area (Å²) < 4.78 is 5.09. The summed E-state index contributed by atoms with van der Waals surface area (Å²) >= 11 is 0. The highest BCUT2D eigenvalue weighted by Crippen LogP contribution is 2.23. The lowest BCUT2D eigenvalue weighted by atomic mass is 10.1. The van der Waals surface area contributed by atoms with Gasteiger partial charge in [-0.1, -0.05) is 18.2 Å². The first-order chi connectivity index (χ1) is 11.2. The number of carbonyl (C=O) groups is 1. The molecule has 0 unspecified atom stereocenters. The third kappa shape index (κ3) is 3.23. The summed E-state index contributed by atoms with van der Waals surface area (Å²) in [6, 6.07) is 14.2. The van der Waals surface area contributed by atoms with Crippen molar-refractivity contribution in [1.82, 2.24) is 10.3 Å². The number of phenols is 1. The van der Waals surface area contributed by atoms with E-state index in [-0.39, 0.29) is 17.2 Å². The molecule has 0 saturated carbocycles. The lowest BCUT2D eigenvalue weighted by molar-refractivity contribution is 0.0948. The van der Waals surface area contributed by atoms with Crippen molar-refractivity contribution >= 4 is 16.8 Å². The van der Waals surface area contributed by atoms with Crippen LogP contribution in [0.15, 0.2) is 54.7 Å². The standard InChI is InChI=1S/C18H16N2O3/c1-23-14-6-4-12(5-7-14)11-20-18(22)15-10-16-13(9-17(15)21)3-2-8-19-16/h2-10,21H,11H2,1H3,(H,20,22). The monoisotopic (exact) mass is 308 g/mol. The smallest absolute Gasteiger partial charge is 0.255 e. The molecule has 2 aromatic carbocycles. The number of fused-ring (bicyclic) bond motifs is 1. The second-order valence-electron chi connectivity index (χ2n) is 5.10. The molecule has 5 heteroatoms. The van der Waals surface area contributed by atoms with E-state index in [2.05, 4.69) is 10.3 Å². The molecule has 0 aliphatic rings. The average Bonchev–Trinajstić information content (AvgIpc) is 2.59. The van der Waals surface area contributed by atoms with Crippen LogP contribution in [0.1, 0.15) is 15.9 Å². The van der Waals surface area contributed by atoms with Crippen molar-refractivity contribution in [3.05, 3.63) is 65.9 Å². The van der Waals surface area contributed by atoms with Crippen LogP contribution in [0.3, 0.4) is 0 Å². The molecule has 0 radical (unpaired) electrons. The van der Waals surface area contributed by atoms with Crippen molar-refractivity contribution in [3.8, 4) is 11.5 Å². The van der Waals surface area contributed by atoms with Crippen LogP contribution in [0.4, 0.5) is 0 Å². The molecule has 0 aliphatic heterocycles. The number of pyridine rings is 1. The maximum absolute atomic E-state index is 12.3. The maximum atomic E-state index is 12.3. The Morgan fingerprint density at radius 1 is 1.22 bits per heavy atom. The summed E-state index contributed by atoms with van der Waals surface area (Å²) in [7, 11) is 1.60. The van der Waals surface area contributed by atoms with Gasteiger partial charge in [-0.15, -0.1) is 0 Å². The number of hydrogen-bond donors (Lipinski definition) is 2. The van der Waals surface area contributed by atoms with Gasteiger partial charge in [0, 0.05) is 18.1 Å². The lowest BCUT2D eigenvalue weighted by Crippen LogP contribution is -2.22. The van der Waals surface area contributed by atoms with E-state index in [1.807, 2.05) is 30.3 Å². The zero-order chi connectivity index (χ0) is 16.2. The van der Waals surface area contributed by atoms with Crippen LogP contribution in [0, 0.1) is 0 Å². The van der Waals surface area contributed by atoms with E-state index in [1.54, 1.807) is 31.5 Å². The van der Waals surface area contributed by atoms with E-state index in [9.17, 15) is 9.90 Å². The van der Waals surface area contributed by atoms with E-state index in [1.165, 1.54) is 0 Å². The third-order valence-electron chi connectivity index (χ3n) is 3.58. The minimum absolute atomic E-state index is 0.0577. The predicted octanol–water partition coefficient (Wildman–Crippen LogP) is 2.88. The summed E-state index contributed by atoms with van der Waals surface area (Å²) in [6.07, 6.45) is 1.65. The topological polar surface area (TPSA) is 71.5 Å². The number of aromatic nitrogens is 1. The first-order valence-electron chi connectivity index (χ1n) is 7.16. The Morgan fingerprint density at radius 2 is 2.00 bits per heavy atom. The van der Waals surface area contributed by atoms with Crippen LogP contribution in [0.25, 0.3) is 10.9 Å². The van der Waals surface area contributed by atoms with Gasteiger partial charge in [0.2, 0.25) is 0 Å². The van der Waals surface area contributed by atoms with Crippen molar-refractivity contribution in [2.24, 2.45) is 0 Å². The molecule has 3 aromatic rings. The highest BCUT2D eigenvalue weighted by Gasteiger charge is 2.12. The van der Waals surface area contributed by atoms with Crippen molar-refractivity contribution in [1.29, 1.82) is 0 Å². The van der Waals surface area contributed by atoms with E-state index in [0.29, 0.717) is 12.1 Å². The molecular formula is C18H16N2O3. The van der Waals surface area contributed by atoms with Gasteiger partial charge in [0.1, 0.15) is 11.5 Å². The second-order valence-corrected chi connectivity index (χ2v) is 5.10. The Bertz CT molecular complexity index is 845. The zero-order valence-electron chi connectivity index (χ0n) is 12.6. The molecule has 116 valence electrons. The average molecular weight is 308 g/mol. The highest BCUT2D eigenvalue weighted by molar-refractivity contribution is 6.00. The van der Waals surface area contributed by atoms with E-state index in [4.69, 9.17) is 4.74 Å². The van der Waals surface area contributed by atoms with Crippen molar-refractivity contribution < 1.29 is 14.6 Å².